The molecule has 0 rings (SSSR count). The highest BCUT2D eigenvalue weighted by Gasteiger charge is 2.18. The van der Waals surface area contributed by atoms with Gasteiger partial charge in [-0.2, -0.15) is 0 Å². The minimum Gasteiger partial charge on any atom is -0.481 e. The van der Waals surface area contributed by atoms with E-state index in [2.05, 4.69) is 30.2 Å². The smallest absolute Gasteiger partial charge is 0.326 e. The number of aliphatic carboxylic acids is 2. The lowest BCUT2D eigenvalue weighted by Crippen LogP contribution is -2.38. The number of rotatable bonds is 5. The molecule has 5 nitrogen and oxygen atoms in total. The van der Waals surface area contributed by atoms with Crippen molar-refractivity contribution in [2.24, 2.45) is 0 Å². The first-order chi connectivity index (χ1) is 5.93. The number of hydrogen-bond acceptors (Lipinski definition) is 3. The maximum absolute atomic E-state index is 10.5. The molecule has 0 aliphatic heterocycles. The monoisotopic (exact) mass is 223 g/mol. The molecule has 3 N–H and O–H groups in total. The summed E-state index contributed by atoms with van der Waals surface area (Å²) in [6.07, 6.45) is -0.244. The fourth-order valence-electron chi connectivity index (χ4n) is 0.674. The van der Waals surface area contributed by atoms with Crippen molar-refractivity contribution >= 4 is 41.1 Å². The van der Waals surface area contributed by atoms with Gasteiger partial charge in [0.15, 0.2) is 0 Å². The second kappa shape index (κ2) is 5.76. The van der Waals surface area contributed by atoms with Gasteiger partial charge in [0.05, 0.1) is 0 Å². The first-order valence-electron chi connectivity index (χ1n) is 3.37. The average Bonchev–Trinajstić information content (AvgIpc) is 1.96. The van der Waals surface area contributed by atoms with Gasteiger partial charge >= 0.3 is 11.9 Å². The summed E-state index contributed by atoms with van der Waals surface area (Å²) in [7, 11) is 0. The Morgan fingerprint density at radius 1 is 1.46 bits per heavy atom. The summed E-state index contributed by atoms with van der Waals surface area (Å²) < 4.78 is 0.0396. The maximum Gasteiger partial charge on any atom is 0.326 e. The summed E-state index contributed by atoms with van der Waals surface area (Å²) in [5.41, 5.74) is 0. The molecule has 0 saturated heterocycles. The molecule has 0 aromatic rings. The summed E-state index contributed by atoms with van der Waals surface area (Å²) >= 11 is 8.20. The quantitative estimate of drug-likeness (QED) is 0.391. The fraction of sp³-hybridized carbons (Fsp3) is 0.500. The third-order valence-corrected chi connectivity index (χ3v) is 1.49. The summed E-state index contributed by atoms with van der Waals surface area (Å²) in [5.74, 6) is -2.18. The van der Waals surface area contributed by atoms with Crippen LogP contribution in [0.4, 0.5) is 0 Å². The number of carboxylic acid groups (broad SMARTS) is 2. The highest BCUT2D eigenvalue weighted by Crippen LogP contribution is 1.99. The molecule has 0 amide bonds. The maximum atomic E-state index is 10.5. The molecule has 0 saturated carbocycles. The minimum absolute atomic E-state index is 0.0225. The SMILES string of the molecule is O=C(O)CC[C@@H](NC(=S)S)C(=O)O. The first kappa shape index (κ1) is 12.2. The molecular formula is C6H9NO4S2. The third-order valence-electron chi connectivity index (χ3n) is 1.24. The van der Waals surface area contributed by atoms with Crippen LogP contribution in [0.1, 0.15) is 12.8 Å². The van der Waals surface area contributed by atoms with Crippen molar-refractivity contribution in [2.75, 3.05) is 0 Å². The molecule has 0 aromatic heterocycles. The van der Waals surface area contributed by atoms with E-state index in [1.165, 1.54) is 0 Å². The Morgan fingerprint density at radius 2 is 2.00 bits per heavy atom. The molecule has 74 valence electrons. The lowest BCUT2D eigenvalue weighted by Gasteiger charge is -2.12. The highest BCUT2D eigenvalue weighted by molar-refractivity contribution is 8.11. The van der Waals surface area contributed by atoms with Gasteiger partial charge in [0.25, 0.3) is 0 Å². The lowest BCUT2D eigenvalue weighted by molar-refractivity contribution is -0.140. The van der Waals surface area contributed by atoms with Crippen LogP contribution in [0.3, 0.4) is 0 Å². The van der Waals surface area contributed by atoms with Crippen molar-refractivity contribution < 1.29 is 19.8 Å². The zero-order chi connectivity index (χ0) is 10.4. The zero-order valence-electron chi connectivity index (χ0n) is 6.56. The fourth-order valence-corrected chi connectivity index (χ4v) is 0.972. The largest absolute Gasteiger partial charge is 0.481 e. The van der Waals surface area contributed by atoms with Gasteiger partial charge in [-0.1, -0.05) is 12.2 Å². The molecule has 0 fully saturated rings. The molecular weight excluding hydrogens is 214 g/mol. The normalized spacial score (nSPS) is 11.8. The summed E-state index contributed by atoms with van der Waals surface area (Å²) in [6.45, 7) is 0. The van der Waals surface area contributed by atoms with Gasteiger partial charge in [-0.05, 0) is 6.42 Å². The van der Waals surface area contributed by atoms with Gasteiger partial charge < -0.3 is 15.5 Å². The Balaban J connectivity index is 4.02. The van der Waals surface area contributed by atoms with Crippen LogP contribution in [0, 0.1) is 0 Å². The van der Waals surface area contributed by atoms with Crippen LogP contribution >= 0.6 is 24.8 Å². The van der Waals surface area contributed by atoms with Crippen LogP contribution in [-0.2, 0) is 9.59 Å². The predicted octanol–water partition coefficient (Wildman–Crippen LogP) is 0.109. The molecule has 0 aromatic carbocycles. The van der Waals surface area contributed by atoms with Gasteiger partial charge in [0.2, 0.25) is 0 Å². The molecule has 0 unspecified atom stereocenters. The number of thiocarbonyl (C=S) groups is 1. The van der Waals surface area contributed by atoms with Crippen LogP contribution in [0.15, 0.2) is 0 Å². The number of thiol groups is 1. The highest BCUT2D eigenvalue weighted by atomic mass is 32.1. The van der Waals surface area contributed by atoms with Crippen molar-refractivity contribution in [1.29, 1.82) is 0 Å². The molecule has 0 spiro atoms. The molecule has 0 aliphatic rings. The number of carboxylic acids is 2. The van der Waals surface area contributed by atoms with Crippen LogP contribution in [0.25, 0.3) is 0 Å². The second-order valence-electron chi connectivity index (χ2n) is 2.27. The van der Waals surface area contributed by atoms with E-state index >= 15 is 0 Å². The van der Waals surface area contributed by atoms with E-state index in [0.29, 0.717) is 0 Å². The van der Waals surface area contributed by atoms with E-state index < -0.39 is 18.0 Å². The lowest BCUT2D eigenvalue weighted by atomic mass is 10.1. The van der Waals surface area contributed by atoms with Crippen molar-refractivity contribution in [1.82, 2.24) is 5.32 Å². The molecule has 0 aliphatic carbocycles. The van der Waals surface area contributed by atoms with E-state index in [4.69, 9.17) is 10.2 Å². The Kier molecular flexibility index (Phi) is 5.40. The van der Waals surface area contributed by atoms with E-state index in [1.54, 1.807) is 0 Å². The molecule has 0 heterocycles. The number of nitrogens with one attached hydrogen (secondary N) is 1. The van der Waals surface area contributed by atoms with Gasteiger partial charge in [-0.25, -0.2) is 4.79 Å². The van der Waals surface area contributed by atoms with Gasteiger partial charge in [0, 0.05) is 6.42 Å². The standard InChI is InChI=1S/C6H9NO4S2/c8-4(9)2-1-3(5(10)11)7-6(12)13/h3H,1-2H2,(H,8,9)(H,10,11)(H2,7,12,13)/t3-/m1/s1. The summed E-state index contributed by atoms with van der Waals surface area (Å²) in [4.78, 5) is 20.6. The molecule has 0 bridgehead atoms. The first-order valence-corrected chi connectivity index (χ1v) is 4.23. The minimum atomic E-state index is -1.14. The van der Waals surface area contributed by atoms with E-state index in [0.717, 1.165) is 0 Å². The van der Waals surface area contributed by atoms with Crippen LogP contribution < -0.4 is 5.32 Å². The van der Waals surface area contributed by atoms with Crippen molar-refractivity contribution in [3.05, 3.63) is 0 Å². The molecule has 13 heavy (non-hydrogen) atoms. The van der Waals surface area contributed by atoms with Crippen molar-refractivity contribution in [2.45, 2.75) is 18.9 Å². The Morgan fingerprint density at radius 3 is 2.31 bits per heavy atom. The average molecular weight is 223 g/mol. The second-order valence-corrected chi connectivity index (χ2v) is 3.43. The van der Waals surface area contributed by atoms with Crippen LogP contribution in [0.2, 0.25) is 0 Å². The molecule has 0 radical (unpaired) electrons. The topological polar surface area (TPSA) is 86.6 Å². The zero-order valence-corrected chi connectivity index (χ0v) is 8.27. The van der Waals surface area contributed by atoms with Gasteiger partial charge in [0.1, 0.15) is 10.4 Å². The summed E-state index contributed by atoms with van der Waals surface area (Å²) in [6, 6.07) is -0.985. The summed E-state index contributed by atoms with van der Waals surface area (Å²) in [5, 5.41) is 19.3. The van der Waals surface area contributed by atoms with E-state index in [-0.39, 0.29) is 17.2 Å². The molecule has 7 heteroatoms. The van der Waals surface area contributed by atoms with Crippen molar-refractivity contribution in [3.8, 4) is 0 Å². The van der Waals surface area contributed by atoms with Crippen LogP contribution in [-0.4, -0.2) is 32.5 Å². The number of hydrogen-bond donors (Lipinski definition) is 4. The van der Waals surface area contributed by atoms with Gasteiger partial charge in [-0.15, -0.1) is 12.6 Å². The molecule has 1 atom stereocenters. The van der Waals surface area contributed by atoms with E-state index in [1.807, 2.05) is 0 Å². The Hall–Kier alpha value is -0.820. The predicted molar refractivity (Wildman–Crippen MR) is 53.0 cm³/mol. The number of carbonyl (C=O) groups is 2. The van der Waals surface area contributed by atoms with Gasteiger partial charge in [-0.3, -0.25) is 4.79 Å². The van der Waals surface area contributed by atoms with Crippen molar-refractivity contribution in [3.63, 3.8) is 0 Å². The Bertz CT molecular complexity index is 231. The third kappa shape index (κ3) is 6.35. The Labute approximate surface area is 85.5 Å². The van der Waals surface area contributed by atoms with E-state index in [9.17, 15) is 9.59 Å². The van der Waals surface area contributed by atoms with Crippen LogP contribution in [0.5, 0.6) is 0 Å².